The number of anilines is 1. The summed E-state index contributed by atoms with van der Waals surface area (Å²) in [6.45, 7) is 9.39. The summed E-state index contributed by atoms with van der Waals surface area (Å²) in [6, 6.07) is 0. The largest absolute Gasteiger partial charge is 0.450 e. The van der Waals surface area contributed by atoms with E-state index in [2.05, 4.69) is 28.9 Å². The van der Waals surface area contributed by atoms with Crippen molar-refractivity contribution in [3.8, 4) is 0 Å². The Kier molecular flexibility index (Phi) is 4.57. The molecule has 0 bridgehead atoms. The molecular weight excluding hydrogens is 264 g/mol. The van der Waals surface area contributed by atoms with Gasteiger partial charge in [0, 0.05) is 32.1 Å². The topological polar surface area (TPSA) is 58.6 Å². The molecule has 0 radical (unpaired) electrons. The molecule has 1 saturated heterocycles. The molecule has 2 rings (SSSR count). The van der Waals surface area contributed by atoms with Crippen molar-refractivity contribution in [3.05, 3.63) is 5.01 Å². The number of ether oxygens (including phenoxy) is 1. The van der Waals surface area contributed by atoms with Gasteiger partial charge in [0.25, 0.3) is 0 Å². The number of hydrogen-bond donors (Lipinski definition) is 0. The van der Waals surface area contributed by atoms with E-state index in [4.69, 9.17) is 4.74 Å². The monoisotopic (exact) mass is 284 g/mol. The number of nitrogens with zero attached hydrogens (tertiary/aromatic N) is 4. The van der Waals surface area contributed by atoms with Crippen LogP contribution in [0.4, 0.5) is 9.93 Å². The lowest BCUT2D eigenvalue weighted by Gasteiger charge is -2.33. The fraction of sp³-hybridized carbons (Fsp3) is 0.750. The average Bonchev–Trinajstić information content (AvgIpc) is 2.89. The van der Waals surface area contributed by atoms with Crippen LogP contribution in [0.5, 0.6) is 0 Å². The molecule has 0 aromatic carbocycles. The third-order valence-corrected chi connectivity index (χ3v) is 4.28. The van der Waals surface area contributed by atoms with Crippen LogP contribution in [0.25, 0.3) is 0 Å². The van der Waals surface area contributed by atoms with Crippen molar-refractivity contribution in [3.63, 3.8) is 0 Å². The molecule has 19 heavy (non-hydrogen) atoms. The number of carbonyl (C=O) groups is 1. The Morgan fingerprint density at radius 3 is 2.53 bits per heavy atom. The molecular formula is C12H20N4O2S. The highest BCUT2D eigenvalue weighted by atomic mass is 32.1. The Labute approximate surface area is 117 Å². The molecule has 1 aliphatic rings. The zero-order valence-corrected chi connectivity index (χ0v) is 12.4. The van der Waals surface area contributed by atoms with Gasteiger partial charge in [0.1, 0.15) is 5.01 Å². The Hall–Kier alpha value is -1.37. The first kappa shape index (κ1) is 14.0. The van der Waals surface area contributed by atoms with Crippen LogP contribution in [0.1, 0.15) is 31.7 Å². The van der Waals surface area contributed by atoms with Gasteiger partial charge in [-0.15, -0.1) is 10.2 Å². The van der Waals surface area contributed by atoms with Crippen LogP contribution in [0.3, 0.4) is 0 Å². The summed E-state index contributed by atoms with van der Waals surface area (Å²) in [5.41, 5.74) is 0. The summed E-state index contributed by atoms with van der Waals surface area (Å²) in [5, 5.41) is 10.4. The van der Waals surface area contributed by atoms with E-state index >= 15 is 0 Å². The first-order valence-electron chi connectivity index (χ1n) is 6.61. The highest BCUT2D eigenvalue weighted by Gasteiger charge is 2.24. The Bertz CT molecular complexity index is 427. The van der Waals surface area contributed by atoms with Gasteiger partial charge in [0.15, 0.2) is 0 Å². The molecule has 0 N–H and O–H groups in total. The average molecular weight is 284 g/mol. The summed E-state index contributed by atoms with van der Waals surface area (Å²) in [4.78, 5) is 15.5. The second-order valence-corrected chi connectivity index (χ2v) is 5.74. The van der Waals surface area contributed by atoms with Gasteiger partial charge in [-0.2, -0.15) is 0 Å². The molecule has 0 aliphatic carbocycles. The van der Waals surface area contributed by atoms with Crippen LogP contribution in [-0.2, 0) is 4.74 Å². The molecule has 0 atom stereocenters. The fourth-order valence-corrected chi connectivity index (χ4v) is 2.78. The molecule has 0 spiro atoms. The van der Waals surface area contributed by atoms with Gasteiger partial charge in [-0.25, -0.2) is 4.79 Å². The van der Waals surface area contributed by atoms with Crippen molar-refractivity contribution < 1.29 is 9.53 Å². The van der Waals surface area contributed by atoms with E-state index in [1.165, 1.54) is 0 Å². The molecule has 1 aromatic heterocycles. The van der Waals surface area contributed by atoms with E-state index in [-0.39, 0.29) is 6.09 Å². The Morgan fingerprint density at radius 1 is 1.32 bits per heavy atom. The lowest BCUT2D eigenvalue weighted by molar-refractivity contribution is 0.105. The molecule has 1 amide bonds. The molecule has 0 saturated carbocycles. The van der Waals surface area contributed by atoms with E-state index in [1.807, 2.05) is 6.92 Å². The minimum Gasteiger partial charge on any atom is -0.450 e. The molecule has 1 aromatic rings. The number of amides is 1. The highest BCUT2D eigenvalue weighted by Crippen LogP contribution is 2.26. The van der Waals surface area contributed by atoms with Crippen LogP contribution >= 0.6 is 11.3 Å². The summed E-state index contributed by atoms with van der Waals surface area (Å²) >= 11 is 1.64. The van der Waals surface area contributed by atoms with Crippen molar-refractivity contribution in [1.29, 1.82) is 0 Å². The SMILES string of the molecule is CCOC(=O)N1CCN(c2nnc(C(C)C)s2)CC1. The lowest BCUT2D eigenvalue weighted by Crippen LogP contribution is -2.49. The van der Waals surface area contributed by atoms with Gasteiger partial charge in [0.2, 0.25) is 5.13 Å². The normalized spacial score (nSPS) is 16.0. The first-order chi connectivity index (χ1) is 9.11. The van der Waals surface area contributed by atoms with Crippen LogP contribution < -0.4 is 4.90 Å². The van der Waals surface area contributed by atoms with E-state index < -0.39 is 0 Å². The first-order valence-corrected chi connectivity index (χ1v) is 7.43. The fourth-order valence-electron chi connectivity index (χ4n) is 1.88. The third kappa shape index (κ3) is 3.34. The smallest absolute Gasteiger partial charge is 0.409 e. The van der Waals surface area contributed by atoms with Crippen LogP contribution in [0.2, 0.25) is 0 Å². The molecule has 2 heterocycles. The summed E-state index contributed by atoms with van der Waals surface area (Å²) in [5.74, 6) is 0.409. The maximum Gasteiger partial charge on any atom is 0.409 e. The van der Waals surface area contributed by atoms with Gasteiger partial charge in [0.05, 0.1) is 6.61 Å². The van der Waals surface area contributed by atoms with Crippen LogP contribution in [0.15, 0.2) is 0 Å². The predicted molar refractivity (Wildman–Crippen MR) is 74.8 cm³/mol. The quantitative estimate of drug-likeness (QED) is 0.849. The highest BCUT2D eigenvalue weighted by molar-refractivity contribution is 7.15. The molecule has 0 unspecified atom stereocenters. The van der Waals surface area contributed by atoms with Crippen molar-refractivity contribution in [2.45, 2.75) is 26.7 Å². The van der Waals surface area contributed by atoms with Crippen molar-refractivity contribution in [1.82, 2.24) is 15.1 Å². The van der Waals surface area contributed by atoms with E-state index in [0.29, 0.717) is 25.6 Å². The van der Waals surface area contributed by atoms with Gasteiger partial charge in [-0.1, -0.05) is 25.2 Å². The number of piperazine rings is 1. The van der Waals surface area contributed by atoms with Gasteiger partial charge >= 0.3 is 6.09 Å². The molecule has 7 heteroatoms. The second kappa shape index (κ2) is 6.18. The van der Waals surface area contributed by atoms with Gasteiger partial charge in [-0.05, 0) is 6.92 Å². The maximum absolute atomic E-state index is 11.6. The maximum atomic E-state index is 11.6. The number of aromatic nitrogens is 2. The van der Waals surface area contributed by atoms with Crippen LogP contribution in [0, 0.1) is 0 Å². The number of rotatable bonds is 3. The Balaban J connectivity index is 1.90. The van der Waals surface area contributed by atoms with E-state index in [1.54, 1.807) is 16.2 Å². The second-order valence-electron chi connectivity index (χ2n) is 4.75. The number of carbonyl (C=O) groups excluding carboxylic acids is 1. The molecule has 1 fully saturated rings. The summed E-state index contributed by atoms with van der Waals surface area (Å²) < 4.78 is 5.00. The number of hydrogen-bond acceptors (Lipinski definition) is 6. The predicted octanol–water partition coefficient (Wildman–Crippen LogP) is 1.94. The van der Waals surface area contributed by atoms with Crippen molar-refractivity contribution in [2.24, 2.45) is 0 Å². The third-order valence-electron chi connectivity index (χ3n) is 3.00. The zero-order valence-electron chi connectivity index (χ0n) is 11.6. The standard InChI is InChI=1S/C12H20N4O2S/c1-4-18-12(17)16-7-5-15(6-8-16)11-14-13-10(19-11)9(2)3/h9H,4-8H2,1-3H3. The summed E-state index contributed by atoms with van der Waals surface area (Å²) in [6.07, 6.45) is -0.220. The lowest BCUT2D eigenvalue weighted by atomic mass is 10.2. The minimum absolute atomic E-state index is 0.220. The molecule has 6 nitrogen and oxygen atoms in total. The van der Waals surface area contributed by atoms with Crippen molar-refractivity contribution in [2.75, 3.05) is 37.7 Å². The van der Waals surface area contributed by atoms with Gasteiger partial charge in [-0.3, -0.25) is 0 Å². The van der Waals surface area contributed by atoms with E-state index in [0.717, 1.165) is 23.2 Å². The molecule has 1 aliphatic heterocycles. The van der Waals surface area contributed by atoms with E-state index in [9.17, 15) is 4.79 Å². The molecule has 106 valence electrons. The van der Waals surface area contributed by atoms with Crippen molar-refractivity contribution >= 4 is 22.6 Å². The van der Waals surface area contributed by atoms with Gasteiger partial charge < -0.3 is 14.5 Å². The zero-order chi connectivity index (χ0) is 13.8. The van der Waals surface area contributed by atoms with Crippen LogP contribution in [-0.4, -0.2) is 54.0 Å². The minimum atomic E-state index is -0.220. The Morgan fingerprint density at radius 2 is 2.00 bits per heavy atom. The summed E-state index contributed by atoms with van der Waals surface area (Å²) in [7, 11) is 0.